The molecule has 1 fully saturated rings. The Hall–Kier alpha value is -1.14. The topological polar surface area (TPSA) is 24.9 Å². The number of alkyl halides is 3. The number of hydrogen-bond acceptors (Lipinski definition) is 3. The van der Waals surface area contributed by atoms with Crippen molar-refractivity contribution in [2.75, 3.05) is 6.54 Å². The highest BCUT2D eigenvalue weighted by Crippen LogP contribution is 2.36. The molecule has 2 heterocycles. The lowest BCUT2D eigenvalue weighted by atomic mass is 9.90. The van der Waals surface area contributed by atoms with E-state index in [-0.39, 0.29) is 19.0 Å². The number of nitrogens with one attached hydrogen (secondary N) is 1. The van der Waals surface area contributed by atoms with Gasteiger partial charge in [0.2, 0.25) is 0 Å². The van der Waals surface area contributed by atoms with Crippen molar-refractivity contribution in [3.05, 3.63) is 29.3 Å². The van der Waals surface area contributed by atoms with Crippen LogP contribution in [0.1, 0.15) is 24.4 Å². The molecule has 102 valence electrons. The van der Waals surface area contributed by atoms with Crippen molar-refractivity contribution in [2.24, 2.45) is 5.92 Å². The maximum atomic E-state index is 12.6. The van der Waals surface area contributed by atoms with Gasteiger partial charge in [0.25, 0.3) is 0 Å². The van der Waals surface area contributed by atoms with E-state index in [1.165, 1.54) is 0 Å². The molecule has 1 saturated heterocycles. The van der Waals surface area contributed by atoms with Crippen LogP contribution < -0.4 is 5.32 Å². The van der Waals surface area contributed by atoms with Crippen LogP contribution in [0.3, 0.4) is 0 Å². The Morgan fingerprint density at radius 2 is 2.11 bits per heavy atom. The summed E-state index contributed by atoms with van der Waals surface area (Å²) >= 11 is 1.57. The van der Waals surface area contributed by atoms with Crippen molar-refractivity contribution in [1.29, 1.82) is 0 Å². The number of piperidine rings is 1. The lowest BCUT2D eigenvalue weighted by Gasteiger charge is -2.31. The smallest absolute Gasteiger partial charge is 0.309 e. The molecular formula is C13H13F3N2S. The first-order valence-electron chi connectivity index (χ1n) is 6.17. The summed E-state index contributed by atoms with van der Waals surface area (Å²) in [5.74, 6) is -1.22. The molecule has 1 aromatic heterocycles. The van der Waals surface area contributed by atoms with E-state index in [2.05, 4.69) is 10.3 Å². The lowest BCUT2D eigenvalue weighted by Crippen LogP contribution is -2.40. The minimum atomic E-state index is -4.09. The predicted octanol–water partition coefficient (Wildman–Crippen LogP) is 3.90. The molecule has 1 aromatic carbocycles. The number of hydrogen-bond donors (Lipinski definition) is 1. The Labute approximate surface area is 112 Å². The average Bonchev–Trinajstić information content (AvgIpc) is 2.85. The van der Waals surface area contributed by atoms with Gasteiger partial charge in [-0.05, 0) is 30.5 Å². The van der Waals surface area contributed by atoms with Crippen molar-refractivity contribution >= 4 is 21.6 Å². The number of rotatable bonds is 1. The van der Waals surface area contributed by atoms with Crippen molar-refractivity contribution in [3.63, 3.8) is 0 Å². The van der Waals surface area contributed by atoms with Crippen LogP contribution in [-0.4, -0.2) is 17.7 Å². The molecule has 2 nitrogen and oxygen atoms in total. The molecule has 1 N–H and O–H groups in total. The molecule has 0 spiro atoms. The first kappa shape index (κ1) is 12.9. The normalized spacial score (nSPS) is 24.8. The fraction of sp³-hybridized carbons (Fsp3) is 0.462. The lowest BCUT2D eigenvalue weighted by molar-refractivity contribution is -0.179. The third kappa shape index (κ3) is 2.60. The van der Waals surface area contributed by atoms with Gasteiger partial charge >= 0.3 is 6.18 Å². The molecule has 0 saturated carbocycles. The van der Waals surface area contributed by atoms with Gasteiger partial charge in [-0.2, -0.15) is 13.2 Å². The summed E-state index contributed by atoms with van der Waals surface area (Å²) in [5.41, 5.74) is 3.73. The van der Waals surface area contributed by atoms with Gasteiger partial charge in [-0.15, -0.1) is 11.3 Å². The van der Waals surface area contributed by atoms with Gasteiger partial charge in [-0.3, -0.25) is 0 Å². The molecule has 0 aliphatic carbocycles. The first-order valence-corrected chi connectivity index (χ1v) is 7.05. The van der Waals surface area contributed by atoms with Gasteiger partial charge in [0.05, 0.1) is 21.6 Å². The summed E-state index contributed by atoms with van der Waals surface area (Å²) in [6.45, 7) is 0.00324. The van der Waals surface area contributed by atoms with Crippen molar-refractivity contribution in [2.45, 2.75) is 25.1 Å². The van der Waals surface area contributed by atoms with Crippen LogP contribution in [0.15, 0.2) is 23.7 Å². The SMILES string of the molecule is FC(F)(F)C1CCC(c2ccc3scnc3c2)NC1. The van der Waals surface area contributed by atoms with E-state index in [0.29, 0.717) is 6.42 Å². The largest absolute Gasteiger partial charge is 0.393 e. The highest BCUT2D eigenvalue weighted by atomic mass is 32.1. The fourth-order valence-electron chi connectivity index (χ4n) is 2.51. The Morgan fingerprint density at radius 1 is 1.26 bits per heavy atom. The van der Waals surface area contributed by atoms with Crippen molar-refractivity contribution in [3.8, 4) is 0 Å². The number of aromatic nitrogens is 1. The molecular weight excluding hydrogens is 273 g/mol. The van der Waals surface area contributed by atoms with Crippen LogP contribution >= 0.6 is 11.3 Å². The van der Waals surface area contributed by atoms with E-state index >= 15 is 0 Å². The molecule has 19 heavy (non-hydrogen) atoms. The molecule has 2 atom stereocenters. The van der Waals surface area contributed by atoms with E-state index < -0.39 is 12.1 Å². The average molecular weight is 286 g/mol. The summed E-state index contributed by atoms with van der Waals surface area (Å²) in [6.07, 6.45) is -3.38. The zero-order valence-electron chi connectivity index (χ0n) is 10.1. The van der Waals surface area contributed by atoms with Gasteiger partial charge in [0.1, 0.15) is 0 Å². The summed E-state index contributed by atoms with van der Waals surface area (Å²) < 4.78 is 38.9. The maximum Gasteiger partial charge on any atom is 0.393 e. The number of fused-ring (bicyclic) bond motifs is 1. The van der Waals surface area contributed by atoms with Crippen molar-refractivity contribution in [1.82, 2.24) is 10.3 Å². The highest BCUT2D eigenvalue weighted by molar-refractivity contribution is 7.16. The van der Waals surface area contributed by atoms with Gasteiger partial charge in [-0.1, -0.05) is 6.07 Å². The van der Waals surface area contributed by atoms with Gasteiger partial charge < -0.3 is 5.32 Å². The standard InChI is InChI=1S/C13H13F3N2S/c14-13(15,16)9-2-3-10(17-6-9)8-1-4-12-11(5-8)18-7-19-12/h1,4-5,7,9-10,17H,2-3,6H2. The molecule has 0 radical (unpaired) electrons. The van der Waals surface area contributed by atoms with Crippen molar-refractivity contribution < 1.29 is 13.2 Å². The van der Waals surface area contributed by atoms with E-state index in [1.54, 1.807) is 16.8 Å². The second-order valence-corrected chi connectivity index (χ2v) is 5.74. The summed E-state index contributed by atoms with van der Waals surface area (Å²) in [6, 6.07) is 5.94. The maximum absolute atomic E-state index is 12.6. The molecule has 1 aliphatic heterocycles. The summed E-state index contributed by atoms with van der Waals surface area (Å²) in [5, 5.41) is 3.00. The first-order chi connectivity index (χ1) is 9.04. The predicted molar refractivity (Wildman–Crippen MR) is 69.1 cm³/mol. The Kier molecular flexibility index (Phi) is 3.22. The number of thiazole rings is 1. The van der Waals surface area contributed by atoms with Crippen LogP contribution in [0.25, 0.3) is 10.2 Å². The number of nitrogens with zero attached hydrogens (tertiary/aromatic N) is 1. The molecule has 2 unspecified atom stereocenters. The van der Waals surface area contributed by atoms with Crippen LogP contribution in [-0.2, 0) is 0 Å². The van der Waals surface area contributed by atoms with Crippen LogP contribution in [0.2, 0.25) is 0 Å². The van der Waals surface area contributed by atoms with E-state index in [9.17, 15) is 13.2 Å². The molecule has 1 aliphatic rings. The second kappa shape index (κ2) is 4.76. The van der Waals surface area contributed by atoms with Gasteiger partial charge in [0.15, 0.2) is 0 Å². The molecule has 0 bridgehead atoms. The van der Waals surface area contributed by atoms with E-state index in [0.717, 1.165) is 15.8 Å². The third-order valence-corrected chi connectivity index (χ3v) is 4.44. The Bertz CT molecular complexity index is 571. The zero-order chi connectivity index (χ0) is 13.5. The molecule has 0 amide bonds. The molecule has 3 rings (SSSR count). The number of halogens is 3. The minimum absolute atomic E-state index is 0.00324. The fourth-order valence-corrected chi connectivity index (χ4v) is 3.17. The van der Waals surface area contributed by atoms with Gasteiger partial charge in [0, 0.05) is 12.6 Å². The van der Waals surface area contributed by atoms with Gasteiger partial charge in [-0.25, -0.2) is 4.98 Å². The highest BCUT2D eigenvalue weighted by Gasteiger charge is 2.41. The summed E-state index contributed by atoms with van der Waals surface area (Å²) in [4.78, 5) is 4.24. The van der Waals surface area contributed by atoms with E-state index in [4.69, 9.17) is 0 Å². The Balaban J connectivity index is 1.74. The third-order valence-electron chi connectivity index (χ3n) is 3.63. The Morgan fingerprint density at radius 3 is 2.79 bits per heavy atom. The molecule has 6 heteroatoms. The monoisotopic (exact) mass is 286 g/mol. The minimum Gasteiger partial charge on any atom is -0.309 e. The van der Waals surface area contributed by atoms with Crippen LogP contribution in [0.5, 0.6) is 0 Å². The zero-order valence-corrected chi connectivity index (χ0v) is 10.9. The number of benzene rings is 1. The summed E-state index contributed by atoms with van der Waals surface area (Å²) in [7, 11) is 0. The van der Waals surface area contributed by atoms with Crippen LogP contribution in [0.4, 0.5) is 13.2 Å². The van der Waals surface area contributed by atoms with E-state index in [1.807, 2.05) is 18.2 Å². The second-order valence-electron chi connectivity index (χ2n) is 4.86. The van der Waals surface area contributed by atoms with Crippen LogP contribution in [0, 0.1) is 5.92 Å². The molecule has 2 aromatic rings. The quantitative estimate of drug-likeness (QED) is 0.860.